The predicted octanol–water partition coefficient (Wildman–Crippen LogP) is 1.73. The molecular weight excluding hydrogens is 174 g/mol. The zero-order chi connectivity index (χ0) is 10.9. The fourth-order valence-corrected chi connectivity index (χ4v) is 1.57. The molecule has 0 aromatic heterocycles. The van der Waals surface area contributed by atoms with Crippen molar-refractivity contribution in [3.8, 4) is 0 Å². The number of aliphatic imine (C=N–C) groups is 1. The van der Waals surface area contributed by atoms with Crippen molar-refractivity contribution in [1.82, 2.24) is 4.90 Å². The van der Waals surface area contributed by atoms with Gasteiger partial charge in [0, 0.05) is 5.70 Å². The summed E-state index contributed by atoms with van der Waals surface area (Å²) in [4.78, 5) is 6.24. The van der Waals surface area contributed by atoms with Gasteiger partial charge in [0.2, 0.25) is 0 Å². The zero-order valence-corrected chi connectivity index (χ0v) is 9.25. The topological polar surface area (TPSA) is 41.6 Å². The van der Waals surface area contributed by atoms with E-state index >= 15 is 0 Å². The third-order valence-corrected chi connectivity index (χ3v) is 2.57. The van der Waals surface area contributed by atoms with Gasteiger partial charge in [-0.05, 0) is 18.4 Å². The molecule has 1 aliphatic heterocycles. The van der Waals surface area contributed by atoms with Gasteiger partial charge in [0.1, 0.15) is 0 Å². The highest BCUT2D eigenvalue weighted by molar-refractivity contribution is 5.82. The van der Waals surface area contributed by atoms with E-state index in [4.69, 9.17) is 5.73 Å². The smallest absolute Gasteiger partial charge is 0.196 e. The van der Waals surface area contributed by atoms with E-state index in [-0.39, 0.29) is 0 Å². The summed E-state index contributed by atoms with van der Waals surface area (Å²) < 4.78 is 0. The molecule has 0 amide bonds. The van der Waals surface area contributed by atoms with Crippen LogP contribution in [0.5, 0.6) is 0 Å². The molecule has 78 valence electrons. The Kier molecular flexibility index (Phi) is 2.99. The molecule has 3 nitrogen and oxygen atoms in total. The van der Waals surface area contributed by atoms with Crippen molar-refractivity contribution in [3.05, 3.63) is 24.4 Å². The third-order valence-electron chi connectivity index (χ3n) is 2.57. The summed E-state index contributed by atoms with van der Waals surface area (Å²) in [6.07, 6.45) is 0. The molecule has 3 heteroatoms. The van der Waals surface area contributed by atoms with E-state index in [9.17, 15) is 0 Å². The van der Waals surface area contributed by atoms with Gasteiger partial charge in [0.05, 0.1) is 12.6 Å². The van der Waals surface area contributed by atoms with E-state index in [1.54, 1.807) is 0 Å². The van der Waals surface area contributed by atoms with Crippen LogP contribution in [0.2, 0.25) is 0 Å². The Balaban J connectivity index is 2.87. The SMILES string of the molecule is C=C(C)C(=C)N1C(N)=NC[C@H]1C(C)C. The van der Waals surface area contributed by atoms with Gasteiger partial charge in [-0.15, -0.1) is 0 Å². The molecule has 0 radical (unpaired) electrons. The number of nitrogens with zero attached hydrogens (tertiary/aromatic N) is 2. The van der Waals surface area contributed by atoms with Crippen LogP contribution in [0, 0.1) is 5.92 Å². The monoisotopic (exact) mass is 193 g/mol. The maximum absolute atomic E-state index is 5.82. The van der Waals surface area contributed by atoms with Gasteiger partial charge in [-0.2, -0.15) is 0 Å². The third kappa shape index (κ3) is 1.81. The van der Waals surface area contributed by atoms with Crippen molar-refractivity contribution >= 4 is 5.96 Å². The number of guanidine groups is 1. The summed E-state index contributed by atoms with van der Waals surface area (Å²) >= 11 is 0. The minimum atomic E-state index is 0.333. The first-order valence-electron chi connectivity index (χ1n) is 4.89. The molecule has 1 atom stereocenters. The zero-order valence-electron chi connectivity index (χ0n) is 9.25. The number of hydrogen-bond acceptors (Lipinski definition) is 3. The van der Waals surface area contributed by atoms with E-state index in [1.807, 2.05) is 11.8 Å². The number of allylic oxidation sites excluding steroid dienone is 1. The number of nitrogens with two attached hydrogens (primary N) is 1. The molecule has 0 aromatic rings. The Hall–Kier alpha value is -1.25. The molecule has 1 heterocycles. The second-order valence-electron chi connectivity index (χ2n) is 4.11. The Morgan fingerprint density at radius 3 is 2.57 bits per heavy atom. The summed E-state index contributed by atoms with van der Waals surface area (Å²) in [6.45, 7) is 14.9. The van der Waals surface area contributed by atoms with Crippen LogP contribution in [-0.4, -0.2) is 23.4 Å². The van der Waals surface area contributed by atoms with Crippen molar-refractivity contribution in [3.63, 3.8) is 0 Å². The Morgan fingerprint density at radius 2 is 2.14 bits per heavy atom. The van der Waals surface area contributed by atoms with Crippen LogP contribution in [0.1, 0.15) is 20.8 Å². The second kappa shape index (κ2) is 3.86. The van der Waals surface area contributed by atoms with Crippen LogP contribution in [0.3, 0.4) is 0 Å². The highest BCUT2D eigenvalue weighted by Gasteiger charge is 2.30. The fourth-order valence-electron chi connectivity index (χ4n) is 1.57. The lowest BCUT2D eigenvalue weighted by Crippen LogP contribution is -2.42. The lowest BCUT2D eigenvalue weighted by molar-refractivity contribution is 0.327. The van der Waals surface area contributed by atoms with E-state index in [0.29, 0.717) is 17.9 Å². The van der Waals surface area contributed by atoms with E-state index in [2.05, 4.69) is 32.0 Å². The highest BCUT2D eigenvalue weighted by atomic mass is 15.3. The number of rotatable bonds is 3. The lowest BCUT2D eigenvalue weighted by Gasteiger charge is -2.30. The van der Waals surface area contributed by atoms with E-state index in [1.165, 1.54) is 0 Å². The lowest BCUT2D eigenvalue weighted by atomic mass is 10.0. The maximum Gasteiger partial charge on any atom is 0.196 e. The number of hydrogen-bond donors (Lipinski definition) is 1. The molecule has 0 bridgehead atoms. The fraction of sp³-hybridized carbons (Fsp3) is 0.545. The average Bonchev–Trinajstić information content (AvgIpc) is 2.45. The molecule has 0 saturated carbocycles. The van der Waals surface area contributed by atoms with Gasteiger partial charge < -0.3 is 10.6 Å². The van der Waals surface area contributed by atoms with Crippen LogP contribution in [0.4, 0.5) is 0 Å². The van der Waals surface area contributed by atoms with Gasteiger partial charge in [-0.1, -0.05) is 27.0 Å². The molecule has 0 aromatic carbocycles. The molecular formula is C11H19N3. The minimum absolute atomic E-state index is 0.333. The molecule has 0 aliphatic carbocycles. The first-order chi connectivity index (χ1) is 6.45. The molecule has 0 unspecified atom stereocenters. The van der Waals surface area contributed by atoms with E-state index in [0.717, 1.165) is 17.8 Å². The largest absolute Gasteiger partial charge is 0.370 e. The molecule has 0 saturated heterocycles. The Labute approximate surface area is 86.0 Å². The van der Waals surface area contributed by atoms with Gasteiger partial charge in [-0.3, -0.25) is 4.99 Å². The molecule has 0 spiro atoms. The quantitative estimate of drug-likeness (QED) is 0.693. The Bertz CT molecular complexity index is 289. The molecule has 0 fully saturated rings. The molecule has 2 N–H and O–H groups in total. The minimum Gasteiger partial charge on any atom is -0.370 e. The van der Waals surface area contributed by atoms with Crippen molar-refractivity contribution < 1.29 is 0 Å². The summed E-state index contributed by atoms with van der Waals surface area (Å²) in [5, 5.41) is 0. The van der Waals surface area contributed by atoms with Gasteiger partial charge >= 0.3 is 0 Å². The van der Waals surface area contributed by atoms with Crippen LogP contribution in [0.15, 0.2) is 29.4 Å². The first kappa shape index (κ1) is 10.8. The van der Waals surface area contributed by atoms with Gasteiger partial charge in [-0.25, -0.2) is 0 Å². The van der Waals surface area contributed by atoms with Crippen LogP contribution in [-0.2, 0) is 0 Å². The van der Waals surface area contributed by atoms with Crippen LogP contribution in [0.25, 0.3) is 0 Å². The van der Waals surface area contributed by atoms with Crippen molar-refractivity contribution in [2.75, 3.05) is 6.54 Å². The summed E-state index contributed by atoms with van der Waals surface area (Å²) in [5.41, 5.74) is 7.64. The summed E-state index contributed by atoms with van der Waals surface area (Å²) in [7, 11) is 0. The second-order valence-corrected chi connectivity index (χ2v) is 4.11. The maximum atomic E-state index is 5.82. The molecule has 1 aliphatic rings. The van der Waals surface area contributed by atoms with Crippen molar-refractivity contribution in [1.29, 1.82) is 0 Å². The summed E-state index contributed by atoms with van der Waals surface area (Å²) in [6, 6.07) is 0.333. The van der Waals surface area contributed by atoms with Gasteiger partial charge in [0.15, 0.2) is 5.96 Å². The Morgan fingerprint density at radius 1 is 1.57 bits per heavy atom. The van der Waals surface area contributed by atoms with Crippen LogP contribution >= 0.6 is 0 Å². The average molecular weight is 193 g/mol. The van der Waals surface area contributed by atoms with Gasteiger partial charge in [0.25, 0.3) is 0 Å². The normalized spacial score (nSPS) is 21.3. The van der Waals surface area contributed by atoms with Crippen molar-refractivity contribution in [2.24, 2.45) is 16.6 Å². The standard InChI is InChI=1S/C11H19N3/c1-7(2)9(5)14-10(8(3)4)6-13-11(14)12/h8,10H,1,5-6H2,2-4H3,(H2,12,13)/t10-/m0/s1. The van der Waals surface area contributed by atoms with E-state index < -0.39 is 0 Å². The highest BCUT2D eigenvalue weighted by Crippen LogP contribution is 2.23. The first-order valence-corrected chi connectivity index (χ1v) is 4.89. The predicted molar refractivity (Wildman–Crippen MR) is 60.9 cm³/mol. The van der Waals surface area contributed by atoms with Crippen molar-refractivity contribution in [2.45, 2.75) is 26.8 Å². The molecule has 14 heavy (non-hydrogen) atoms. The van der Waals surface area contributed by atoms with Crippen LogP contribution < -0.4 is 5.73 Å². The molecule has 1 rings (SSSR count). The summed E-state index contributed by atoms with van der Waals surface area (Å²) in [5.74, 6) is 1.08.